The van der Waals surface area contributed by atoms with Gasteiger partial charge in [-0.1, -0.05) is 54.6 Å². The molecule has 0 saturated carbocycles. The summed E-state index contributed by atoms with van der Waals surface area (Å²) in [6.45, 7) is 1.07. The van der Waals surface area contributed by atoms with Crippen LogP contribution in [0.3, 0.4) is 0 Å². The van der Waals surface area contributed by atoms with E-state index in [1.165, 1.54) is 0 Å². The molecule has 2 heterocycles. The number of rotatable bonds is 5. The second kappa shape index (κ2) is 9.10. The second-order valence-electron chi connectivity index (χ2n) is 7.86. The molecule has 0 spiro atoms. The van der Waals surface area contributed by atoms with E-state index in [0.717, 1.165) is 11.1 Å². The van der Waals surface area contributed by atoms with Crippen molar-refractivity contribution in [2.24, 2.45) is 5.92 Å². The summed E-state index contributed by atoms with van der Waals surface area (Å²) in [5.74, 6) is -0.0587. The van der Waals surface area contributed by atoms with Crippen LogP contribution < -0.4 is 0 Å². The van der Waals surface area contributed by atoms with E-state index >= 15 is 0 Å². The van der Waals surface area contributed by atoms with E-state index in [9.17, 15) is 9.59 Å². The number of ether oxygens (including phenoxy) is 2. The lowest BCUT2D eigenvalue weighted by Gasteiger charge is -2.47. The van der Waals surface area contributed by atoms with Gasteiger partial charge in [0.1, 0.15) is 6.61 Å². The molecular weight excluding hydrogens is 380 g/mol. The molecule has 6 nitrogen and oxygen atoms in total. The predicted octanol–water partition coefficient (Wildman–Crippen LogP) is 3.75. The summed E-state index contributed by atoms with van der Waals surface area (Å²) in [5, 5.41) is 8.80. The molecule has 2 unspecified atom stereocenters. The van der Waals surface area contributed by atoms with Gasteiger partial charge >= 0.3 is 6.09 Å². The first kappa shape index (κ1) is 20.1. The summed E-state index contributed by atoms with van der Waals surface area (Å²) in [6.07, 6.45) is 1.12. The number of carbonyl (C=O) groups excluding carboxylic acids is 2. The molecule has 0 aliphatic carbocycles. The number of piperidine rings is 1. The van der Waals surface area contributed by atoms with Crippen molar-refractivity contribution in [2.45, 2.75) is 38.0 Å². The van der Waals surface area contributed by atoms with Crippen LogP contribution in [0, 0.1) is 17.2 Å². The third kappa shape index (κ3) is 4.37. The molecular formula is C24H24N2O4. The van der Waals surface area contributed by atoms with Crippen LogP contribution in [0.1, 0.15) is 34.3 Å². The molecule has 2 fully saturated rings. The van der Waals surface area contributed by atoms with Crippen molar-refractivity contribution in [3.8, 4) is 6.07 Å². The highest BCUT2D eigenvalue weighted by atomic mass is 16.6. The molecule has 2 aromatic rings. The summed E-state index contributed by atoms with van der Waals surface area (Å²) < 4.78 is 11.2. The van der Waals surface area contributed by atoms with Crippen LogP contribution in [-0.4, -0.2) is 42.1 Å². The van der Waals surface area contributed by atoms with Gasteiger partial charge in [-0.2, -0.15) is 5.26 Å². The van der Waals surface area contributed by atoms with Gasteiger partial charge < -0.3 is 9.47 Å². The average Bonchev–Trinajstić information content (AvgIpc) is 2.77. The minimum Gasteiger partial charge on any atom is -0.445 e. The molecule has 2 aliphatic heterocycles. The summed E-state index contributed by atoms with van der Waals surface area (Å²) >= 11 is 0. The highest BCUT2D eigenvalue weighted by Gasteiger charge is 2.44. The first-order valence-corrected chi connectivity index (χ1v) is 10.2. The maximum atomic E-state index is 13.0. The lowest BCUT2D eigenvalue weighted by molar-refractivity contribution is -0.0755. The minimum atomic E-state index is -0.344. The fourth-order valence-corrected chi connectivity index (χ4v) is 4.34. The zero-order chi connectivity index (χ0) is 20.9. The summed E-state index contributed by atoms with van der Waals surface area (Å²) in [4.78, 5) is 27.6. The van der Waals surface area contributed by atoms with Crippen molar-refractivity contribution in [1.29, 1.82) is 5.26 Å². The molecule has 0 aromatic heterocycles. The van der Waals surface area contributed by atoms with Crippen LogP contribution in [0.2, 0.25) is 0 Å². The van der Waals surface area contributed by atoms with E-state index in [2.05, 4.69) is 6.07 Å². The molecule has 4 rings (SSSR count). The van der Waals surface area contributed by atoms with Crippen LogP contribution in [0.5, 0.6) is 0 Å². The van der Waals surface area contributed by atoms with E-state index in [-0.39, 0.29) is 36.5 Å². The number of nitrogens with zero attached hydrogens (tertiary/aromatic N) is 2. The van der Waals surface area contributed by atoms with Crippen molar-refractivity contribution in [2.75, 3.05) is 13.2 Å². The lowest BCUT2D eigenvalue weighted by atomic mass is 9.80. The Morgan fingerprint density at radius 1 is 1.00 bits per heavy atom. The van der Waals surface area contributed by atoms with Crippen molar-refractivity contribution in [3.05, 3.63) is 71.3 Å². The van der Waals surface area contributed by atoms with Gasteiger partial charge in [-0.25, -0.2) is 4.79 Å². The fraction of sp³-hybridized carbons (Fsp3) is 0.375. The second-order valence-corrected chi connectivity index (χ2v) is 7.86. The van der Waals surface area contributed by atoms with Crippen molar-refractivity contribution in [1.82, 2.24) is 4.90 Å². The molecule has 154 valence electrons. The third-order valence-electron chi connectivity index (χ3n) is 5.83. The molecule has 1 amide bonds. The molecule has 30 heavy (non-hydrogen) atoms. The Morgan fingerprint density at radius 2 is 1.67 bits per heavy atom. The minimum absolute atomic E-state index is 0.0905. The van der Waals surface area contributed by atoms with Crippen LogP contribution >= 0.6 is 0 Å². The van der Waals surface area contributed by atoms with Crippen molar-refractivity contribution >= 4 is 11.9 Å². The number of amides is 1. The van der Waals surface area contributed by atoms with Gasteiger partial charge in [-0.3, -0.25) is 9.69 Å². The van der Waals surface area contributed by atoms with Gasteiger partial charge in [0.05, 0.1) is 37.8 Å². The first-order valence-electron chi connectivity index (χ1n) is 10.2. The Labute approximate surface area is 176 Å². The van der Waals surface area contributed by atoms with Crippen LogP contribution in [0.25, 0.3) is 0 Å². The SMILES string of the molecule is N#CCc1ccc(C(=O)C2CC3COCC(C2)N3C(=O)OCc2ccccc2)cc1. The van der Waals surface area contributed by atoms with Gasteiger partial charge in [0.15, 0.2) is 5.78 Å². The maximum Gasteiger partial charge on any atom is 0.410 e. The largest absolute Gasteiger partial charge is 0.445 e. The summed E-state index contributed by atoms with van der Waals surface area (Å²) in [7, 11) is 0. The topological polar surface area (TPSA) is 79.6 Å². The van der Waals surface area contributed by atoms with Crippen LogP contribution in [0.4, 0.5) is 4.79 Å². The number of Topliss-reactive ketones (excluding diaryl/α,β-unsaturated/α-hetero) is 1. The lowest BCUT2D eigenvalue weighted by Crippen LogP contribution is -2.59. The van der Waals surface area contributed by atoms with Gasteiger partial charge in [0.25, 0.3) is 0 Å². The third-order valence-corrected chi connectivity index (χ3v) is 5.83. The quantitative estimate of drug-likeness (QED) is 0.709. The number of nitriles is 1. The molecule has 2 aromatic carbocycles. The van der Waals surface area contributed by atoms with E-state index < -0.39 is 0 Å². The smallest absolute Gasteiger partial charge is 0.410 e. The van der Waals surface area contributed by atoms with Gasteiger partial charge in [-0.15, -0.1) is 0 Å². The molecule has 2 saturated heterocycles. The van der Waals surface area contributed by atoms with E-state index in [1.54, 1.807) is 17.0 Å². The molecule has 2 bridgehead atoms. The van der Waals surface area contributed by atoms with Gasteiger partial charge in [0.2, 0.25) is 0 Å². The molecule has 0 N–H and O–H groups in total. The number of ketones is 1. The number of benzene rings is 2. The predicted molar refractivity (Wildman–Crippen MR) is 110 cm³/mol. The number of carbonyl (C=O) groups is 2. The fourth-order valence-electron chi connectivity index (χ4n) is 4.34. The van der Waals surface area contributed by atoms with Crippen molar-refractivity contribution < 1.29 is 19.1 Å². The summed E-state index contributed by atoms with van der Waals surface area (Å²) in [6, 6.07) is 18.6. The standard InChI is InChI=1S/C24H24N2O4/c25-11-10-17-6-8-19(9-7-17)23(27)20-12-21-15-29-16-22(13-20)26(21)24(28)30-14-18-4-2-1-3-5-18/h1-9,20-22H,10,12-16H2. The molecule has 2 atom stereocenters. The zero-order valence-electron chi connectivity index (χ0n) is 16.7. The Balaban J connectivity index is 1.41. The van der Waals surface area contributed by atoms with Crippen LogP contribution in [-0.2, 0) is 22.5 Å². The van der Waals surface area contributed by atoms with E-state index in [1.807, 2.05) is 42.5 Å². The number of hydrogen-bond donors (Lipinski definition) is 0. The van der Waals surface area contributed by atoms with Crippen molar-refractivity contribution in [3.63, 3.8) is 0 Å². The number of morpholine rings is 1. The summed E-state index contributed by atoms with van der Waals surface area (Å²) in [5.41, 5.74) is 2.49. The average molecular weight is 404 g/mol. The number of hydrogen-bond acceptors (Lipinski definition) is 5. The number of fused-ring (bicyclic) bond motifs is 2. The normalized spacial score (nSPS) is 22.8. The molecule has 0 radical (unpaired) electrons. The highest BCUT2D eigenvalue weighted by molar-refractivity contribution is 5.98. The maximum absolute atomic E-state index is 13.0. The Morgan fingerprint density at radius 3 is 2.30 bits per heavy atom. The van der Waals surface area contributed by atoms with E-state index in [0.29, 0.717) is 38.0 Å². The Bertz CT molecular complexity index is 922. The van der Waals surface area contributed by atoms with Gasteiger partial charge in [0, 0.05) is 11.5 Å². The Hall–Kier alpha value is -3.17. The van der Waals surface area contributed by atoms with E-state index in [4.69, 9.17) is 14.7 Å². The molecule has 2 aliphatic rings. The Kier molecular flexibility index (Phi) is 6.10. The first-order chi connectivity index (χ1) is 14.7. The zero-order valence-corrected chi connectivity index (χ0v) is 16.7. The van der Waals surface area contributed by atoms with Gasteiger partial charge in [-0.05, 0) is 24.0 Å². The highest BCUT2D eigenvalue weighted by Crippen LogP contribution is 2.34. The van der Waals surface area contributed by atoms with Crippen LogP contribution in [0.15, 0.2) is 54.6 Å². The monoisotopic (exact) mass is 404 g/mol. The molecule has 6 heteroatoms.